The molecule has 1 heterocycles. The summed E-state index contributed by atoms with van der Waals surface area (Å²) in [5.74, 6) is 0.802. The summed E-state index contributed by atoms with van der Waals surface area (Å²) in [5.41, 5.74) is -0.447. The standard InChI is InChI=1S/C10H14O2/c1-8-4-6-12-10(7-8)5-2-3-9(10)11/h2-3,8H,4-7H2,1H3/t8?,10-/m1/s1. The molecule has 12 heavy (non-hydrogen) atoms. The van der Waals surface area contributed by atoms with Crippen LogP contribution < -0.4 is 0 Å². The lowest BCUT2D eigenvalue weighted by atomic mass is 9.84. The van der Waals surface area contributed by atoms with Gasteiger partial charge in [0.05, 0.1) is 0 Å². The quantitative estimate of drug-likeness (QED) is 0.547. The van der Waals surface area contributed by atoms with Crippen molar-refractivity contribution in [3.63, 3.8) is 0 Å². The smallest absolute Gasteiger partial charge is 0.187 e. The zero-order chi connectivity index (χ0) is 8.60. The predicted octanol–water partition coefficient (Wildman–Crippen LogP) is 1.70. The van der Waals surface area contributed by atoms with Gasteiger partial charge in [0.15, 0.2) is 5.78 Å². The summed E-state index contributed by atoms with van der Waals surface area (Å²) in [6.45, 7) is 2.93. The van der Waals surface area contributed by atoms with Crippen LogP contribution in [0.2, 0.25) is 0 Å². The SMILES string of the molecule is CC1CCO[C@]2(CC=CC2=O)C1. The van der Waals surface area contributed by atoms with Gasteiger partial charge in [-0.2, -0.15) is 0 Å². The Kier molecular flexibility index (Phi) is 1.80. The fraction of sp³-hybridized carbons (Fsp3) is 0.700. The van der Waals surface area contributed by atoms with Crippen molar-refractivity contribution >= 4 is 5.78 Å². The number of carbonyl (C=O) groups excluding carboxylic acids is 1. The van der Waals surface area contributed by atoms with E-state index in [0.717, 1.165) is 25.9 Å². The Balaban J connectivity index is 2.15. The van der Waals surface area contributed by atoms with E-state index in [0.29, 0.717) is 5.92 Å². The summed E-state index contributed by atoms with van der Waals surface area (Å²) < 4.78 is 5.60. The second kappa shape index (κ2) is 2.70. The molecule has 2 heteroatoms. The Bertz CT molecular complexity index is 232. The summed E-state index contributed by atoms with van der Waals surface area (Å²) in [6.07, 6.45) is 6.38. The van der Waals surface area contributed by atoms with Crippen molar-refractivity contribution in [1.82, 2.24) is 0 Å². The topological polar surface area (TPSA) is 26.3 Å². The van der Waals surface area contributed by atoms with Crippen molar-refractivity contribution in [3.05, 3.63) is 12.2 Å². The summed E-state index contributed by atoms with van der Waals surface area (Å²) in [6, 6.07) is 0. The van der Waals surface area contributed by atoms with E-state index in [1.165, 1.54) is 0 Å². The fourth-order valence-electron chi connectivity index (χ4n) is 2.10. The molecule has 2 atom stereocenters. The Morgan fingerprint density at radius 2 is 2.50 bits per heavy atom. The van der Waals surface area contributed by atoms with Gasteiger partial charge >= 0.3 is 0 Å². The van der Waals surface area contributed by atoms with Crippen LogP contribution in [0.25, 0.3) is 0 Å². The van der Waals surface area contributed by atoms with Gasteiger partial charge in [-0.3, -0.25) is 4.79 Å². The summed E-state index contributed by atoms with van der Waals surface area (Å²) in [4.78, 5) is 11.5. The van der Waals surface area contributed by atoms with Crippen LogP contribution in [0.4, 0.5) is 0 Å². The normalized spacial score (nSPS) is 41.1. The van der Waals surface area contributed by atoms with Crippen LogP contribution in [0.5, 0.6) is 0 Å². The molecule has 1 aliphatic heterocycles. The average molecular weight is 166 g/mol. The van der Waals surface area contributed by atoms with Gasteiger partial charge in [0.25, 0.3) is 0 Å². The highest BCUT2D eigenvalue weighted by Gasteiger charge is 2.43. The zero-order valence-corrected chi connectivity index (χ0v) is 7.38. The Labute approximate surface area is 72.6 Å². The fourth-order valence-corrected chi connectivity index (χ4v) is 2.10. The molecule has 2 rings (SSSR count). The number of rotatable bonds is 0. The minimum absolute atomic E-state index is 0.175. The van der Waals surface area contributed by atoms with Crippen LogP contribution in [0, 0.1) is 5.92 Å². The summed E-state index contributed by atoms with van der Waals surface area (Å²) >= 11 is 0. The molecule has 1 unspecified atom stereocenters. The number of hydrogen-bond donors (Lipinski definition) is 0. The van der Waals surface area contributed by atoms with E-state index in [1.807, 2.05) is 6.08 Å². The van der Waals surface area contributed by atoms with Crippen molar-refractivity contribution in [2.24, 2.45) is 5.92 Å². The molecule has 1 saturated heterocycles. The van der Waals surface area contributed by atoms with Crippen molar-refractivity contribution in [2.45, 2.75) is 31.8 Å². The molecule has 1 fully saturated rings. The largest absolute Gasteiger partial charge is 0.366 e. The van der Waals surface area contributed by atoms with Crippen LogP contribution in [0.1, 0.15) is 26.2 Å². The minimum atomic E-state index is -0.447. The van der Waals surface area contributed by atoms with Gasteiger partial charge in [-0.15, -0.1) is 0 Å². The van der Waals surface area contributed by atoms with Gasteiger partial charge in [0.2, 0.25) is 0 Å². The molecule has 0 saturated carbocycles. The first-order chi connectivity index (χ1) is 5.73. The lowest BCUT2D eigenvalue weighted by Gasteiger charge is -2.35. The van der Waals surface area contributed by atoms with Gasteiger partial charge in [0, 0.05) is 13.0 Å². The molecule has 0 N–H and O–H groups in total. The third-order valence-corrected chi connectivity index (χ3v) is 2.83. The molecule has 0 radical (unpaired) electrons. The van der Waals surface area contributed by atoms with Crippen LogP contribution in [-0.2, 0) is 9.53 Å². The molecule has 0 amide bonds. The summed E-state index contributed by atoms with van der Waals surface area (Å²) in [7, 11) is 0. The third-order valence-electron chi connectivity index (χ3n) is 2.83. The Hall–Kier alpha value is -0.630. The molecule has 0 aromatic carbocycles. The molecule has 1 aliphatic carbocycles. The molecule has 2 aliphatic rings. The molecule has 0 bridgehead atoms. The first kappa shape index (κ1) is 7.99. The number of carbonyl (C=O) groups is 1. The van der Waals surface area contributed by atoms with Gasteiger partial charge in [-0.1, -0.05) is 13.0 Å². The molecule has 0 aromatic rings. The number of ketones is 1. The first-order valence-electron chi connectivity index (χ1n) is 4.58. The lowest BCUT2D eigenvalue weighted by Crippen LogP contribution is -2.43. The molecule has 66 valence electrons. The van der Waals surface area contributed by atoms with E-state index in [9.17, 15) is 4.79 Å². The van der Waals surface area contributed by atoms with Gasteiger partial charge in [-0.25, -0.2) is 0 Å². The van der Waals surface area contributed by atoms with Crippen LogP contribution in [0.3, 0.4) is 0 Å². The van der Waals surface area contributed by atoms with E-state index in [2.05, 4.69) is 6.92 Å². The monoisotopic (exact) mass is 166 g/mol. The third kappa shape index (κ3) is 1.11. The molecule has 2 nitrogen and oxygen atoms in total. The maximum Gasteiger partial charge on any atom is 0.187 e. The first-order valence-corrected chi connectivity index (χ1v) is 4.58. The van der Waals surface area contributed by atoms with Crippen molar-refractivity contribution in [2.75, 3.05) is 6.61 Å². The molecule has 1 spiro atoms. The van der Waals surface area contributed by atoms with Crippen molar-refractivity contribution < 1.29 is 9.53 Å². The van der Waals surface area contributed by atoms with E-state index >= 15 is 0 Å². The lowest BCUT2D eigenvalue weighted by molar-refractivity contribution is -0.147. The van der Waals surface area contributed by atoms with Crippen LogP contribution >= 0.6 is 0 Å². The zero-order valence-electron chi connectivity index (χ0n) is 7.38. The van der Waals surface area contributed by atoms with Crippen molar-refractivity contribution in [3.8, 4) is 0 Å². The maximum absolute atomic E-state index is 11.5. The van der Waals surface area contributed by atoms with Crippen molar-refractivity contribution in [1.29, 1.82) is 0 Å². The van der Waals surface area contributed by atoms with Gasteiger partial charge < -0.3 is 4.74 Å². The van der Waals surface area contributed by atoms with Crippen LogP contribution in [0.15, 0.2) is 12.2 Å². The average Bonchev–Trinajstić information content (AvgIpc) is 2.33. The Morgan fingerprint density at radius 1 is 1.67 bits per heavy atom. The van der Waals surface area contributed by atoms with Gasteiger partial charge in [0.1, 0.15) is 5.60 Å². The minimum Gasteiger partial charge on any atom is -0.366 e. The maximum atomic E-state index is 11.5. The highest BCUT2D eigenvalue weighted by molar-refractivity contribution is 5.99. The van der Waals surface area contributed by atoms with E-state index in [4.69, 9.17) is 4.74 Å². The van der Waals surface area contributed by atoms with E-state index in [-0.39, 0.29) is 5.78 Å². The Morgan fingerprint density at radius 3 is 3.08 bits per heavy atom. The van der Waals surface area contributed by atoms with Crippen LogP contribution in [-0.4, -0.2) is 18.0 Å². The second-order valence-electron chi connectivity index (χ2n) is 3.91. The molecular formula is C10H14O2. The van der Waals surface area contributed by atoms with E-state index in [1.54, 1.807) is 6.08 Å². The molecular weight excluding hydrogens is 152 g/mol. The number of ether oxygens (including phenoxy) is 1. The highest BCUT2D eigenvalue weighted by Crippen LogP contribution is 2.36. The highest BCUT2D eigenvalue weighted by atomic mass is 16.5. The summed E-state index contributed by atoms with van der Waals surface area (Å²) in [5, 5.41) is 0. The van der Waals surface area contributed by atoms with Gasteiger partial charge in [-0.05, 0) is 24.8 Å². The second-order valence-corrected chi connectivity index (χ2v) is 3.91. The van der Waals surface area contributed by atoms with E-state index < -0.39 is 5.60 Å². The number of hydrogen-bond acceptors (Lipinski definition) is 2. The predicted molar refractivity (Wildman–Crippen MR) is 45.8 cm³/mol. The molecule has 0 aromatic heterocycles.